The van der Waals surface area contributed by atoms with Crippen LogP contribution in [0, 0.1) is 0 Å². The van der Waals surface area contributed by atoms with Gasteiger partial charge in [-0.3, -0.25) is 0 Å². The predicted octanol–water partition coefficient (Wildman–Crippen LogP) is 0.205. The van der Waals surface area contributed by atoms with Crippen LogP contribution in [0.25, 0.3) is 0 Å². The number of nitrogens with zero attached hydrogens (tertiary/aromatic N) is 4. The van der Waals surface area contributed by atoms with Crippen LogP contribution in [0.5, 0.6) is 6.01 Å². The van der Waals surface area contributed by atoms with Crippen LogP contribution < -0.4 is 15.4 Å². The van der Waals surface area contributed by atoms with E-state index in [1.54, 1.807) is 0 Å². The predicted molar refractivity (Wildman–Crippen MR) is 67.5 cm³/mol. The highest BCUT2D eigenvalue weighted by Gasteiger charge is 2.15. The molecule has 0 bridgehead atoms. The monoisotopic (exact) mass is 253 g/mol. The van der Waals surface area contributed by atoms with Gasteiger partial charge in [0.1, 0.15) is 0 Å². The second kappa shape index (κ2) is 6.34. The van der Waals surface area contributed by atoms with Crippen molar-refractivity contribution in [3.8, 4) is 6.01 Å². The number of aromatic nitrogens is 3. The normalized spacial score (nSPS) is 15.7. The van der Waals surface area contributed by atoms with Crippen molar-refractivity contribution in [2.24, 2.45) is 0 Å². The van der Waals surface area contributed by atoms with Crippen molar-refractivity contribution >= 4 is 11.9 Å². The third kappa shape index (κ3) is 3.43. The summed E-state index contributed by atoms with van der Waals surface area (Å²) in [4.78, 5) is 14.4. The Morgan fingerprint density at radius 3 is 2.67 bits per heavy atom. The van der Waals surface area contributed by atoms with E-state index in [4.69, 9.17) is 15.6 Å². The molecule has 0 aromatic carbocycles. The van der Waals surface area contributed by atoms with Crippen LogP contribution in [-0.2, 0) is 0 Å². The Bertz CT molecular complexity index is 382. The van der Waals surface area contributed by atoms with Gasteiger partial charge in [-0.25, -0.2) is 0 Å². The highest BCUT2D eigenvalue weighted by molar-refractivity contribution is 5.36. The number of nitrogen functional groups attached to an aromatic ring is 1. The molecule has 18 heavy (non-hydrogen) atoms. The first kappa shape index (κ1) is 12.8. The van der Waals surface area contributed by atoms with Crippen LogP contribution in [0.15, 0.2) is 0 Å². The lowest BCUT2D eigenvalue weighted by molar-refractivity contribution is 0.224. The zero-order valence-electron chi connectivity index (χ0n) is 10.4. The van der Waals surface area contributed by atoms with Gasteiger partial charge in [-0.1, -0.05) is 0 Å². The van der Waals surface area contributed by atoms with Gasteiger partial charge in [-0.15, -0.1) is 0 Å². The largest absolute Gasteiger partial charge is 0.463 e. The molecule has 1 aliphatic rings. The van der Waals surface area contributed by atoms with Gasteiger partial charge in [0.25, 0.3) is 0 Å². The SMILES string of the molecule is Nc1nc(OCCCO)nc(N2CCCCC2)n1. The van der Waals surface area contributed by atoms with E-state index in [1.807, 2.05) is 0 Å². The molecule has 1 saturated heterocycles. The number of piperidine rings is 1. The van der Waals surface area contributed by atoms with Crippen molar-refractivity contribution < 1.29 is 9.84 Å². The van der Waals surface area contributed by atoms with Gasteiger partial charge in [0.05, 0.1) is 6.61 Å². The molecular formula is C11H19N5O2. The minimum Gasteiger partial charge on any atom is -0.463 e. The maximum atomic E-state index is 8.69. The molecule has 1 aromatic heterocycles. The fourth-order valence-electron chi connectivity index (χ4n) is 1.89. The summed E-state index contributed by atoms with van der Waals surface area (Å²) in [6.45, 7) is 2.35. The smallest absolute Gasteiger partial charge is 0.323 e. The number of ether oxygens (including phenoxy) is 1. The first-order valence-corrected chi connectivity index (χ1v) is 6.30. The van der Waals surface area contributed by atoms with E-state index in [-0.39, 0.29) is 18.6 Å². The van der Waals surface area contributed by atoms with Crippen molar-refractivity contribution in [3.63, 3.8) is 0 Å². The average molecular weight is 253 g/mol. The molecule has 0 atom stereocenters. The Labute approximate surface area is 106 Å². The molecule has 1 aliphatic heterocycles. The quantitative estimate of drug-likeness (QED) is 0.723. The van der Waals surface area contributed by atoms with Crippen LogP contribution in [0.3, 0.4) is 0 Å². The molecule has 2 rings (SSSR count). The zero-order chi connectivity index (χ0) is 12.8. The third-order valence-electron chi connectivity index (χ3n) is 2.79. The van der Waals surface area contributed by atoms with Crippen LogP contribution in [0.4, 0.5) is 11.9 Å². The lowest BCUT2D eigenvalue weighted by atomic mass is 10.1. The average Bonchev–Trinajstić information content (AvgIpc) is 2.39. The van der Waals surface area contributed by atoms with Gasteiger partial charge in [-0.2, -0.15) is 15.0 Å². The number of rotatable bonds is 5. The highest BCUT2D eigenvalue weighted by Crippen LogP contribution is 2.18. The molecule has 100 valence electrons. The van der Waals surface area contributed by atoms with Crippen molar-refractivity contribution in [2.45, 2.75) is 25.7 Å². The molecule has 1 aromatic rings. The summed E-state index contributed by atoms with van der Waals surface area (Å²) in [5.41, 5.74) is 5.65. The lowest BCUT2D eigenvalue weighted by Crippen LogP contribution is -2.31. The summed E-state index contributed by atoms with van der Waals surface area (Å²) < 4.78 is 5.33. The summed E-state index contributed by atoms with van der Waals surface area (Å²) >= 11 is 0. The molecule has 3 N–H and O–H groups in total. The second-order valence-electron chi connectivity index (χ2n) is 4.25. The van der Waals surface area contributed by atoms with E-state index < -0.39 is 0 Å². The molecule has 0 unspecified atom stereocenters. The molecule has 0 saturated carbocycles. The van der Waals surface area contributed by atoms with Gasteiger partial charge in [0.2, 0.25) is 11.9 Å². The standard InChI is InChI=1S/C11H19N5O2/c12-9-13-10(16-5-2-1-3-6-16)15-11(14-9)18-8-4-7-17/h17H,1-8H2,(H2,12,13,14,15). The Morgan fingerprint density at radius 2 is 1.94 bits per heavy atom. The highest BCUT2D eigenvalue weighted by atomic mass is 16.5. The molecule has 0 radical (unpaired) electrons. The summed E-state index contributed by atoms with van der Waals surface area (Å²) in [6, 6.07) is 0.233. The van der Waals surface area contributed by atoms with Gasteiger partial charge >= 0.3 is 6.01 Å². The van der Waals surface area contributed by atoms with Crippen LogP contribution in [0.2, 0.25) is 0 Å². The first-order chi connectivity index (χ1) is 8.79. The molecule has 0 spiro atoms. The second-order valence-corrected chi connectivity index (χ2v) is 4.25. The molecule has 0 amide bonds. The maximum Gasteiger partial charge on any atom is 0.323 e. The maximum absolute atomic E-state index is 8.69. The van der Waals surface area contributed by atoms with Gasteiger partial charge in [0, 0.05) is 26.1 Å². The molecular weight excluding hydrogens is 234 g/mol. The van der Waals surface area contributed by atoms with E-state index in [1.165, 1.54) is 6.42 Å². The van der Waals surface area contributed by atoms with E-state index in [9.17, 15) is 0 Å². The van der Waals surface area contributed by atoms with Crippen molar-refractivity contribution in [1.29, 1.82) is 0 Å². The molecule has 2 heterocycles. The molecule has 7 heteroatoms. The minimum absolute atomic E-state index is 0.0829. The third-order valence-corrected chi connectivity index (χ3v) is 2.79. The summed E-state index contributed by atoms with van der Waals surface area (Å²) in [5.74, 6) is 0.755. The number of hydrogen-bond donors (Lipinski definition) is 2. The number of hydrogen-bond acceptors (Lipinski definition) is 7. The molecule has 7 nitrogen and oxygen atoms in total. The number of aliphatic hydroxyl groups is 1. The Kier molecular flexibility index (Phi) is 4.52. The van der Waals surface area contributed by atoms with Gasteiger partial charge < -0.3 is 20.5 Å². The van der Waals surface area contributed by atoms with Crippen LogP contribution in [0.1, 0.15) is 25.7 Å². The minimum atomic E-state index is 0.0829. The van der Waals surface area contributed by atoms with E-state index >= 15 is 0 Å². The zero-order valence-corrected chi connectivity index (χ0v) is 10.4. The lowest BCUT2D eigenvalue weighted by Gasteiger charge is -2.26. The van der Waals surface area contributed by atoms with Crippen LogP contribution >= 0.6 is 0 Å². The first-order valence-electron chi connectivity index (χ1n) is 6.30. The Morgan fingerprint density at radius 1 is 1.17 bits per heavy atom. The number of aliphatic hydroxyl groups excluding tert-OH is 1. The molecule has 1 fully saturated rings. The van der Waals surface area contributed by atoms with E-state index in [0.717, 1.165) is 25.9 Å². The van der Waals surface area contributed by atoms with Crippen molar-refractivity contribution in [3.05, 3.63) is 0 Å². The van der Waals surface area contributed by atoms with E-state index in [2.05, 4.69) is 19.9 Å². The van der Waals surface area contributed by atoms with Crippen LogP contribution in [-0.4, -0.2) is 46.4 Å². The van der Waals surface area contributed by atoms with Gasteiger partial charge in [-0.05, 0) is 19.3 Å². The number of anilines is 2. The molecule has 0 aliphatic carbocycles. The summed E-state index contributed by atoms with van der Waals surface area (Å²) in [5, 5.41) is 8.69. The Balaban J connectivity index is 2.05. The Hall–Kier alpha value is -1.63. The van der Waals surface area contributed by atoms with E-state index in [0.29, 0.717) is 19.0 Å². The van der Waals surface area contributed by atoms with Gasteiger partial charge in [0.15, 0.2) is 0 Å². The fourth-order valence-corrected chi connectivity index (χ4v) is 1.89. The van der Waals surface area contributed by atoms with Crippen molar-refractivity contribution in [1.82, 2.24) is 15.0 Å². The topological polar surface area (TPSA) is 97.4 Å². The summed E-state index contributed by atoms with van der Waals surface area (Å²) in [7, 11) is 0. The number of nitrogens with two attached hydrogens (primary N) is 1. The summed E-state index contributed by atoms with van der Waals surface area (Å²) in [6.07, 6.45) is 4.08. The van der Waals surface area contributed by atoms with Crippen molar-refractivity contribution in [2.75, 3.05) is 36.9 Å². The fraction of sp³-hybridized carbons (Fsp3) is 0.727.